The molecular formula is C28H42IN3S. The molecule has 0 fully saturated rings. The van der Waals surface area contributed by atoms with Crippen LogP contribution >= 0.6 is 35.7 Å². The van der Waals surface area contributed by atoms with Gasteiger partial charge < -0.3 is 9.80 Å². The van der Waals surface area contributed by atoms with Gasteiger partial charge in [-0.3, -0.25) is 0 Å². The van der Waals surface area contributed by atoms with Crippen molar-refractivity contribution in [3.05, 3.63) is 47.0 Å². The molecule has 0 aromatic heterocycles. The van der Waals surface area contributed by atoms with Crippen LogP contribution < -0.4 is 15.5 Å². The smallest absolute Gasteiger partial charge is 0.0778 e. The first kappa shape index (κ1) is 28.2. The number of hydrogen-bond donors (Lipinski definition) is 0. The summed E-state index contributed by atoms with van der Waals surface area (Å²) in [5.41, 5.74) is 2.30. The molecule has 1 heterocycles. The Morgan fingerprint density at radius 1 is 0.879 bits per heavy atom. The summed E-state index contributed by atoms with van der Waals surface area (Å²) >= 11 is 1.84. The molecule has 182 valence electrons. The molecule has 1 aliphatic heterocycles. The fraction of sp³-hybridized carbons (Fsp3) is 0.536. The molecule has 0 saturated heterocycles. The number of unbranched alkanes of at least 4 members (excludes halogenated alkanes) is 5. The number of anilines is 1. The van der Waals surface area contributed by atoms with Crippen LogP contribution in [0.2, 0.25) is 0 Å². The first-order chi connectivity index (χ1) is 15.5. The van der Waals surface area contributed by atoms with E-state index >= 15 is 0 Å². The van der Waals surface area contributed by atoms with Crippen molar-refractivity contribution in [1.82, 2.24) is 4.90 Å². The number of benzene rings is 2. The van der Waals surface area contributed by atoms with Crippen LogP contribution in [0.3, 0.4) is 0 Å². The zero-order valence-electron chi connectivity index (χ0n) is 21.1. The maximum absolute atomic E-state index is 4.88. The number of nitrogens with zero attached hydrogens (tertiary/aromatic N) is 3. The van der Waals surface area contributed by atoms with E-state index in [0.717, 1.165) is 17.5 Å². The lowest BCUT2D eigenvalue weighted by Gasteiger charge is -2.24. The van der Waals surface area contributed by atoms with Gasteiger partial charge >= 0.3 is 0 Å². The van der Waals surface area contributed by atoms with Gasteiger partial charge in [-0.25, -0.2) is 4.99 Å². The average Bonchev–Trinajstić information content (AvgIpc) is 2.78. The molecule has 1 unspecified atom stereocenters. The van der Waals surface area contributed by atoms with Gasteiger partial charge in [0.15, 0.2) is 0 Å². The highest BCUT2D eigenvalue weighted by Crippen LogP contribution is 2.38. The monoisotopic (exact) mass is 579 g/mol. The highest BCUT2D eigenvalue weighted by Gasteiger charge is 2.13. The first-order valence-electron chi connectivity index (χ1n) is 12.3. The van der Waals surface area contributed by atoms with E-state index in [-0.39, 0.29) is 24.0 Å². The second kappa shape index (κ2) is 14.4. The fourth-order valence-corrected chi connectivity index (χ4v) is 5.35. The normalized spacial score (nSPS) is 13.7. The topological polar surface area (TPSA) is 18.8 Å². The predicted molar refractivity (Wildman–Crippen MR) is 156 cm³/mol. The molecule has 0 spiro atoms. The van der Waals surface area contributed by atoms with Crippen LogP contribution in [0.5, 0.6) is 0 Å². The van der Waals surface area contributed by atoms with E-state index in [0.29, 0.717) is 6.04 Å². The number of hydrogen-bond acceptors (Lipinski definition) is 4. The van der Waals surface area contributed by atoms with E-state index in [1.165, 1.54) is 72.1 Å². The Balaban J connectivity index is 0.00000385. The molecule has 0 amide bonds. The lowest BCUT2D eigenvalue weighted by molar-refractivity contribution is 0.254. The average molecular weight is 580 g/mol. The summed E-state index contributed by atoms with van der Waals surface area (Å²) in [6.45, 7) is 2.29. The Morgan fingerprint density at radius 2 is 1.64 bits per heavy atom. The van der Waals surface area contributed by atoms with Crippen LogP contribution in [0.4, 0.5) is 11.4 Å². The highest BCUT2D eigenvalue weighted by molar-refractivity contribution is 14.0. The third-order valence-corrected chi connectivity index (χ3v) is 7.49. The molecule has 1 atom stereocenters. The van der Waals surface area contributed by atoms with Gasteiger partial charge in [0, 0.05) is 35.6 Å². The number of halogens is 1. The van der Waals surface area contributed by atoms with Gasteiger partial charge in [0.25, 0.3) is 0 Å². The van der Waals surface area contributed by atoms with E-state index < -0.39 is 0 Å². The number of rotatable bonds is 12. The first-order valence-corrected chi connectivity index (χ1v) is 13.1. The van der Waals surface area contributed by atoms with Gasteiger partial charge in [-0.1, -0.05) is 62.9 Å². The Kier molecular flexibility index (Phi) is 12.3. The number of fused-ring (bicyclic) bond motifs is 2. The zero-order chi connectivity index (χ0) is 22.9. The molecule has 0 N–H and O–H groups in total. The Labute approximate surface area is 222 Å². The zero-order valence-corrected chi connectivity index (χ0v) is 24.3. The van der Waals surface area contributed by atoms with Crippen molar-refractivity contribution in [2.24, 2.45) is 4.99 Å². The maximum Gasteiger partial charge on any atom is 0.0778 e. The lowest BCUT2D eigenvalue weighted by Crippen LogP contribution is -2.27. The standard InChI is InChI=1S/C28H41N3S.HI/c1-6-7-8-9-10-14-23(30(2)3)15-12-11-13-22-16-18-25-27(20-22)32-28-21-24(31(4)5)17-19-26(28)29-25;/h13,16-21,23H,6-12,14-15H2,1-5H3;1H. The van der Waals surface area contributed by atoms with Crippen LogP contribution in [0.1, 0.15) is 64.7 Å². The van der Waals surface area contributed by atoms with E-state index in [1.54, 1.807) is 0 Å². The van der Waals surface area contributed by atoms with Gasteiger partial charge in [0.05, 0.1) is 11.0 Å². The Hall–Kier alpha value is -1.05. The summed E-state index contributed by atoms with van der Waals surface area (Å²) < 4.78 is 0. The van der Waals surface area contributed by atoms with Gasteiger partial charge in [-0.05, 0) is 75.3 Å². The van der Waals surface area contributed by atoms with Crippen LogP contribution in [-0.2, 0) is 0 Å². The van der Waals surface area contributed by atoms with Gasteiger partial charge in [-0.15, -0.1) is 24.0 Å². The van der Waals surface area contributed by atoms with Gasteiger partial charge in [0.2, 0.25) is 0 Å². The van der Waals surface area contributed by atoms with Crippen LogP contribution in [0.15, 0.2) is 51.2 Å². The van der Waals surface area contributed by atoms with E-state index in [2.05, 4.69) is 87.4 Å². The molecule has 3 nitrogen and oxygen atoms in total. The summed E-state index contributed by atoms with van der Waals surface area (Å²) in [7, 11) is 8.65. The second-order valence-corrected chi connectivity index (χ2v) is 10.5. The van der Waals surface area contributed by atoms with Gasteiger partial charge in [0.1, 0.15) is 0 Å². The summed E-state index contributed by atoms with van der Waals surface area (Å²) in [6.07, 6.45) is 14.3. The highest BCUT2D eigenvalue weighted by atomic mass is 127. The van der Waals surface area contributed by atoms with Crippen molar-refractivity contribution >= 4 is 53.2 Å². The Morgan fingerprint density at radius 3 is 2.36 bits per heavy atom. The lowest BCUT2D eigenvalue weighted by atomic mass is 10.0. The second-order valence-electron chi connectivity index (χ2n) is 9.44. The van der Waals surface area contributed by atoms with Crippen molar-refractivity contribution in [3.63, 3.8) is 0 Å². The largest absolute Gasteiger partial charge is 0.378 e. The minimum Gasteiger partial charge on any atom is -0.378 e. The van der Waals surface area contributed by atoms with Crippen molar-refractivity contribution in [2.75, 3.05) is 33.1 Å². The third-order valence-electron chi connectivity index (χ3n) is 6.40. The predicted octanol–water partition coefficient (Wildman–Crippen LogP) is 7.03. The molecule has 0 saturated carbocycles. The molecule has 0 radical (unpaired) electrons. The van der Waals surface area contributed by atoms with Gasteiger partial charge in [-0.2, -0.15) is 0 Å². The van der Waals surface area contributed by atoms with Crippen molar-refractivity contribution in [3.8, 4) is 0 Å². The minimum absolute atomic E-state index is 0. The van der Waals surface area contributed by atoms with E-state index in [1.807, 2.05) is 11.8 Å². The fourth-order valence-electron chi connectivity index (χ4n) is 4.30. The van der Waals surface area contributed by atoms with Crippen LogP contribution in [-0.4, -0.2) is 39.1 Å². The summed E-state index contributed by atoms with van der Waals surface area (Å²) in [4.78, 5) is 12.0. The summed E-state index contributed by atoms with van der Waals surface area (Å²) in [5, 5.41) is 2.41. The molecule has 2 aromatic carbocycles. The molecule has 3 rings (SSSR count). The Bertz CT molecular complexity index is 987. The summed E-state index contributed by atoms with van der Waals surface area (Å²) in [5.74, 6) is 0. The molecule has 5 heteroatoms. The van der Waals surface area contributed by atoms with Crippen molar-refractivity contribution in [1.29, 1.82) is 0 Å². The molecule has 1 aliphatic rings. The van der Waals surface area contributed by atoms with Crippen LogP contribution in [0, 0.1) is 0 Å². The molecule has 2 aromatic rings. The molecule has 0 aliphatic carbocycles. The SMILES string of the molecule is CCCCCCCC(CCCC=c1ccc2c(c1)Sc1cc(N(C)C)ccc1N=2)N(C)C.I. The van der Waals surface area contributed by atoms with E-state index in [9.17, 15) is 0 Å². The molecular weight excluding hydrogens is 537 g/mol. The van der Waals surface area contributed by atoms with Crippen molar-refractivity contribution in [2.45, 2.75) is 80.5 Å². The summed E-state index contributed by atoms with van der Waals surface area (Å²) in [6, 6.07) is 13.9. The van der Waals surface area contributed by atoms with Crippen molar-refractivity contribution < 1.29 is 0 Å². The quantitative estimate of drug-likeness (QED) is 0.170. The molecule has 33 heavy (non-hydrogen) atoms. The van der Waals surface area contributed by atoms with Crippen LogP contribution in [0.25, 0.3) is 6.08 Å². The molecule has 0 bridgehead atoms. The maximum atomic E-state index is 4.88. The van der Waals surface area contributed by atoms with E-state index in [4.69, 9.17) is 4.99 Å². The third kappa shape index (κ3) is 8.59. The minimum atomic E-state index is 0.